The monoisotopic (exact) mass is 332 g/mol. The van der Waals surface area contributed by atoms with E-state index in [1.165, 1.54) is 11.3 Å². The molecule has 2 amide bonds. The topological polar surface area (TPSA) is 78.4 Å². The molecule has 1 aromatic heterocycles. The molecule has 1 aromatic carbocycles. The molecule has 1 unspecified atom stereocenters. The second-order valence-corrected chi connectivity index (χ2v) is 6.47. The van der Waals surface area contributed by atoms with E-state index in [0.29, 0.717) is 5.69 Å². The first kappa shape index (κ1) is 17.2. The number of carbonyl (C=O) groups is 2. The average Bonchev–Trinajstić information content (AvgIpc) is 2.89. The molecule has 0 fully saturated rings. The van der Waals surface area contributed by atoms with Gasteiger partial charge in [-0.15, -0.1) is 11.3 Å². The average molecular weight is 332 g/mol. The molecule has 0 saturated carbocycles. The maximum atomic E-state index is 11.9. The zero-order chi connectivity index (χ0) is 17.0. The van der Waals surface area contributed by atoms with Gasteiger partial charge in [-0.2, -0.15) is 0 Å². The van der Waals surface area contributed by atoms with Gasteiger partial charge in [-0.25, -0.2) is 0 Å². The predicted molar refractivity (Wildman–Crippen MR) is 91.6 cm³/mol. The van der Waals surface area contributed by atoms with Gasteiger partial charge in [0.1, 0.15) is 6.10 Å². The molecule has 122 valence electrons. The summed E-state index contributed by atoms with van der Waals surface area (Å²) in [6.45, 7) is 5.73. The van der Waals surface area contributed by atoms with E-state index in [1.54, 1.807) is 12.1 Å². The molecule has 0 spiro atoms. The fourth-order valence-corrected chi connectivity index (χ4v) is 3.24. The van der Waals surface area contributed by atoms with E-state index in [4.69, 9.17) is 0 Å². The van der Waals surface area contributed by atoms with Crippen molar-refractivity contribution in [3.05, 3.63) is 51.2 Å². The molecule has 5 nitrogen and oxygen atoms in total. The Hall–Kier alpha value is -2.18. The van der Waals surface area contributed by atoms with Crippen molar-refractivity contribution < 1.29 is 14.7 Å². The maximum Gasteiger partial charge on any atom is 0.313 e. The molecule has 0 bridgehead atoms. The first-order valence-corrected chi connectivity index (χ1v) is 8.14. The Morgan fingerprint density at radius 2 is 1.78 bits per heavy atom. The first-order chi connectivity index (χ1) is 10.9. The molecule has 6 heteroatoms. The Balaban J connectivity index is 1.90. The lowest BCUT2D eigenvalue weighted by molar-refractivity contribution is -0.136. The van der Waals surface area contributed by atoms with Crippen LogP contribution in [-0.4, -0.2) is 23.5 Å². The van der Waals surface area contributed by atoms with Crippen molar-refractivity contribution in [2.45, 2.75) is 26.9 Å². The van der Waals surface area contributed by atoms with Crippen molar-refractivity contribution in [3.63, 3.8) is 0 Å². The van der Waals surface area contributed by atoms with Crippen molar-refractivity contribution in [2.24, 2.45) is 0 Å². The number of aryl methyl sites for hydroxylation is 3. The number of hydrogen-bond acceptors (Lipinski definition) is 4. The van der Waals surface area contributed by atoms with Crippen molar-refractivity contribution in [1.29, 1.82) is 0 Å². The molecule has 0 saturated heterocycles. The van der Waals surface area contributed by atoms with Crippen LogP contribution in [0.25, 0.3) is 0 Å². The third-order valence-electron chi connectivity index (χ3n) is 3.35. The highest BCUT2D eigenvalue weighted by Gasteiger charge is 2.17. The molecule has 0 aliphatic carbocycles. The largest absolute Gasteiger partial charge is 0.386 e. The summed E-state index contributed by atoms with van der Waals surface area (Å²) in [5, 5.41) is 16.9. The minimum atomic E-state index is -0.812. The number of thiophene rings is 1. The molecule has 0 radical (unpaired) electrons. The summed E-state index contributed by atoms with van der Waals surface area (Å²) in [6, 6.07) is 7.47. The minimum absolute atomic E-state index is 0.000448. The summed E-state index contributed by atoms with van der Waals surface area (Å²) in [4.78, 5) is 24.5. The molecule has 1 atom stereocenters. The van der Waals surface area contributed by atoms with Crippen LogP contribution in [0.1, 0.15) is 27.7 Å². The molecular weight excluding hydrogens is 312 g/mol. The molecule has 1 heterocycles. The van der Waals surface area contributed by atoms with Crippen LogP contribution in [-0.2, 0) is 9.59 Å². The van der Waals surface area contributed by atoms with E-state index in [-0.39, 0.29) is 6.54 Å². The van der Waals surface area contributed by atoms with Crippen molar-refractivity contribution in [2.75, 3.05) is 11.9 Å². The SMILES string of the molecule is Cc1cc(C)cc(NC(=O)C(=O)NCC(O)c2sccc2C)c1. The van der Waals surface area contributed by atoms with Gasteiger partial charge in [0.2, 0.25) is 0 Å². The fourth-order valence-electron chi connectivity index (χ4n) is 2.32. The van der Waals surface area contributed by atoms with Gasteiger partial charge in [-0.3, -0.25) is 9.59 Å². The Morgan fingerprint density at radius 3 is 2.35 bits per heavy atom. The smallest absolute Gasteiger partial charge is 0.313 e. The standard InChI is InChI=1S/C17H20N2O3S/c1-10-6-11(2)8-13(7-10)19-17(22)16(21)18-9-14(20)15-12(3)4-5-23-15/h4-8,14,20H,9H2,1-3H3,(H,18,21)(H,19,22). The van der Waals surface area contributed by atoms with Gasteiger partial charge < -0.3 is 15.7 Å². The third kappa shape index (κ3) is 4.64. The van der Waals surface area contributed by atoms with Gasteiger partial charge in [0, 0.05) is 17.1 Å². The number of amides is 2. The van der Waals surface area contributed by atoms with Crippen LogP contribution in [0.4, 0.5) is 5.69 Å². The number of nitrogens with one attached hydrogen (secondary N) is 2. The Kier molecular flexibility index (Phi) is 5.52. The van der Waals surface area contributed by atoms with Gasteiger partial charge in [0.05, 0.1) is 0 Å². The Labute approximate surface area is 139 Å². The van der Waals surface area contributed by atoms with Crippen LogP contribution in [0.5, 0.6) is 0 Å². The highest BCUT2D eigenvalue weighted by molar-refractivity contribution is 7.10. The van der Waals surface area contributed by atoms with Gasteiger partial charge in [-0.05, 0) is 61.0 Å². The number of aliphatic hydroxyl groups is 1. The van der Waals surface area contributed by atoms with Crippen molar-refractivity contribution in [3.8, 4) is 0 Å². The van der Waals surface area contributed by atoms with Crippen LogP contribution < -0.4 is 10.6 Å². The molecule has 0 aliphatic heterocycles. The van der Waals surface area contributed by atoms with Gasteiger partial charge >= 0.3 is 11.8 Å². The summed E-state index contributed by atoms with van der Waals surface area (Å²) in [6.07, 6.45) is -0.812. The lowest BCUT2D eigenvalue weighted by Crippen LogP contribution is -2.37. The lowest BCUT2D eigenvalue weighted by atomic mass is 10.1. The fraction of sp³-hybridized carbons (Fsp3) is 0.294. The third-order valence-corrected chi connectivity index (χ3v) is 4.47. The highest BCUT2D eigenvalue weighted by atomic mass is 32.1. The second kappa shape index (κ2) is 7.39. The van der Waals surface area contributed by atoms with E-state index in [1.807, 2.05) is 38.3 Å². The number of anilines is 1. The zero-order valence-corrected chi connectivity index (χ0v) is 14.2. The van der Waals surface area contributed by atoms with Crippen LogP contribution >= 0.6 is 11.3 Å². The Morgan fingerprint density at radius 1 is 1.13 bits per heavy atom. The van der Waals surface area contributed by atoms with Crippen LogP contribution in [0.15, 0.2) is 29.6 Å². The number of carbonyl (C=O) groups excluding carboxylic acids is 2. The Bertz CT molecular complexity index is 704. The quantitative estimate of drug-likeness (QED) is 0.753. The summed E-state index contributed by atoms with van der Waals surface area (Å²) in [5.41, 5.74) is 3.56. The number of benzene rings is 1. The van der Waals surface area contributed by atoms with E-state index >= 15 is 0 Å². The summed E-state index contributed by atoms with van der Waals surface area (Å²) in [7, 11) is 0. The van der Waals surface area contributed by atoms with E-state index < -0.39 is 17.9 Å². The van der Waals surface area contributed by atoms with Gasteiger partial charge in [0.15, 0.2) is 0 Å². The van der Waals surface area contributed by atoms with Crippen LogP contribution in [0.2, 0.25) is 0 Å². The second-order valence-electron chi connectivity index (χ2n) is 5.52. The first-order valence-electron chi connectivity index (χ1n) is 7.26. The molecule has 2 rings (SSSR count). The van der Waals surface area contributed by atoms with Gasteiger partial charge in [0.25, 0.3) is 0 Å². The molecule has 3 N–H and O–H groups in total. The highest BCUT2D eigenvalue weighted by Crippen LogP contribution is 2.23. The maximum absolute atomic E-state index is 11.9. The normalized spacial score (nSPS) is 11.8. The van der Waals surface area contributed by atoms with E-state index in [0.717, 1.165) is 21.6 Å². The molecule has 0 aliphatic rings. The summed E-state index contributed by atoms with van der Waals surface area (Å²) in [5.74, 6) is -1.51. The minimum Gasteiger partial charge on any atom is -0.386 e. The molecule has 23 heavy (non-hydrogen) atoms. The van der Waals surface area contributed by atoms with E-state index in [9.17, 15) is 14.7 Å². The predicted octanol–water partition coefficient (Wildman–Crippen LogP) is 2.46. The number of aliphatic hydroxyl groups excluding tert-OH is 1. The van der Waals surface area contributed by atoms with Crippen molar-refractivity contribution in [1.82, 2.24) is 5.32 Å². The van der Waals surface area contributed by atoms with Crippen molar-refractivity contribution >= 4 is 28.8 Å². The van der Waals surface area contributed by atoms with Crippen LogP contribution in [0.3, 0.4) is 0 Å². The van der Waals surface area contributed by atoms with E-state index in [2.05, 4.69) is 10.6 Å². The molecular formula is C17H20N2O3S. The lowest BCUT2D eigenvalue weighted by Gasteiger charge is -2.12. The zero-order valence-electron chi connectivity index (χ0n) is 13.3. The summed E-state index contributed by atoms with van der Waals surface area (Å²) < 4.78 is 0. The number of rotatable bonds is 4. The van der Waals surface area contributed by atoms with Gasteiger partial charge in [-0.1, -0.05) is 6.07 Å². The van der Waals surface area contributed by atoms with Crippen LogP contribution in [0, 0.1) is 20.8 Å². The number of hydrogen-bond donors (Lipinski definition) is 3. The molecule has 2 aromatic rings. The summed E-state index contributed by atoms with van der Waals surface area (Å²) >= 11 is 1.42.